The van der Waals surface area contributed by atoms with E-state index in [1.54, 1.807) is 51.7 Å². The van der Waals surface area contributed by atoms with Gasteiger partial charge in [0, 0.05) is 11.1 Å². The summed E-state index contributed by atoms with van der Waals surface area (Å²) >= 11 is 0. The number of nitrogens with two attached hydrogens (primary N) is 1. The predicted octanol–water partition coefficient (Wildman–Crippen LogP) is 4.23. The summed E-state index contributed by atoms with van der Waals surface area (Å²) in [7, 11) is 6.18. The largest absolute Gasteiger partial charge is 0.495 e. The maximum atomic E-state index is 13.2. The lowest BCUT2D eigenvalue weighted by molar-refractivity contribution is 0.102. The summed E-state index contributed by atoms with van der Waals surface area (Å²) in [4.78, 5) is 13.2. The number of carbonyl (C=O) groups is 1. The maximum Gasteiger partial charge on any atom is 0.203 e. The first-order valence-electron chi connectivity index (χ1n) is 8.86. The van der Waals surface area contributed by atoms with E-state index < -0.39 is 0 Å². The maximum absolute atomic E-state index is 13.2. The zero-order chi connectivity index (χ0) is 20.8. The Kier molecular flexibility index (Phi) is 6.93. The Hall–Kier alpha value is -3.15. The summed E-state index contributed by atoms with van der Waals surface area (Å²) in [6, 6.07) is 8.64. The number of ketones is 1. The average Bonchev–Trinajstić information content (AvgIpc) is 2.70. The van der Waals surface area contributed by atoms with Gasteiger partial charge in [0.25, 0.3) is 0 Å². The van der Waals surface area contributed by atoms with Gasteiger partial charge in [-0.25, -0.2) is 0 Å². The van der Waals surface area contributed by atoms with Crippen LogP contribution in [0, 0.1) is 5.92 Å². The molecule has 0 heterocycles. The van der Waals surface area contributed by atoms with Crippen LogP contribution in [0.1, 0.15) is 29.8 Å². The van der Waals surface area contributed by atoms with Crippen LogP contribution in [0.4, 0.5) is 5.69 Å². The molecule has 2 rings (SSSR count). The fourth-order valence-corrected chi connectivity index (χ4v) is 2.88. The van der Waals surface area contributed by atoms with Crippen LogP contribution < -0.4 is 24.7 Å². The van der Waals surface area contributed by atoms with Crippen molar-refractivity contribution in [3.63, 3.8) is 0 Å². The zero-order valence-electron chi connectivity index (χ0n) is 17.2. The molecule has 150 valence electrons. The SMILES string of the molecule is COc1cc(C(=O)/C(=C/c2cc(OC)c(OC)c(OC)c2)C(C)C)ccc1N. The molecule has 0 fully saturated rings. The minimum Gasteiger partial charge on any atom is -0.495 e. The van der Waals surface area contributed by atoms with Crippen LogP contribution in [0.25, 0.3) is 6.08 Å². The Bertz CT molecular complexity index is 861. The van der Waals surface area contributed by atoms with Crippen molar-refractivity contribution in [2.75, 3.05) is 34.2 Å². The van der Waals surface area contributed by atoms with Gasteiger partial charge in [0.2, 0.25) is 5.75 Å². The van der Waals surface area contributed by atoms with Gasteiger partial charge < -0.3 is 24.7 Å². The Morgan fingerprint density at radius 2 is 1.46 bits per heavy atom. The molecule has 6 nitrogen and oxygen atoms in total. The Balaban J connectivity index is 2.54. The molecular formula is C22H27NO5. The number of Topliss-reactive ketones (excluding diaryl/α,β-unsaturated/α-hetero) is 1. The Labute approximate surface area is 165 Å². The van der Waals surface area contributed by atoms with Crippen LogP contribution in [-0.2, 0) is 0 Å². The lowest BCUT2D eigenvalue weighted by atomic mass is 9.92. The molecule has 0 saturated heterocycles. The topological polar surface area (TPSA) is 80.0 Å². The summed E-state index contributed by atoms with van der Waals surface area (Å²) < 4.78 is 21.4. The highest BCUT2D eigenvalue weighted by Crippen LogP contribution is 2.39. The molecule has 0 aliphatic heterocycles. The average molecular weight is 385 g/mol. The molecule has 0 saturated carbocycles. The minimum absolute atomic E-state index is 0.00450. The van der Waals surface area contributed by atoms with Crippen LogP contribution >= 0.6 is 0 Å². The van der Waals surface area contributed by atoms with Crippen molar-refractivity contribution in [2.45, 2.75) is 13.8 Å². The van der Waals surface area contributed by atoms with Gasteiger partial charge in [-0.05, 0) is 47.9 Å². The highest BCUT2D eigenvalue weighted by atomic mass is 16.5. The quantitative estimate of drug-likeness (QED) is 0.416. The highest BCUT2D eigenvalue weighted by molar-refractivity contribution is 6.12. The molecule has 0 amide bonds. The van der Waals surface area contributed by atoms with E-state index in [1.807, 2.05) is 19.9 Å². The Morgan fingerprint density at radius 1 is 0.893 bits per heavy atom. The van der Waals surface area contributed by atoms with E-state index in [9.17, 15) is 4.79 Å². The summed E-state index contributed by atoms with van der Waals surface area (Å²) in [6.45, 7) is 3.94. The molecule has 0 bridgehead atoms. The second-order valence-electron chi connectivity index (χ2n) is 6.50. The highest BCUT2D eigenvalue weighted by Gasteiger charge is 2.19. The van der Waals surface area contributed by atoms with Gasteiger partial charge in [-0.2, -0.15) is 0 Å². The normalized spacial score (nSPS) is 11.3. The van der Waals surface area contributed by atoms with Gasteiger partial charge in [0.15, 0.2) is 17.3 Å². The third kappa shape index (κ3) is 4.39. The van der Waals surface area contributed by atoms with E-state index >= 15 is 0 Å². The van der Waals surface area contributed by atoms with E-state index in [2.05, 4.69) is 0 Å². The molecule has 28 heavy (non-hydrogen) atoms. The van der Waals surface area contributed by atoms with Gasteiger partial charge in [-0.15, -0.1) is 0 Å². The first-order valence-corrected chi connectivity index (χ1v) is 8.86. The molecule has 0 spiro atoms. The van der Waals surface area contributed by atoms with E-state index in [0.717, 1.165) is 5.56 Å². The number of allylic oxidation sites excluding steroid dienone is 1. The van der Waals surface area contributed by atoms with Gasteiger partial charge in [0.1, 0.15) is 5.75 Å². The predicted molar refractivity (Wildman–Crippen MR) is 111 cm³/mol. The van der Waals surface area contributed by atoms with Crippen LogP contribution in [0.3, 0.4) is 0 Å². The summed E-state index contributed by atoms with van der Waals surface area (Å²) in [6.07, 6.45) is 1.83. The van der Waals surface area contributed by atoms with Crippen molar-refractivity contribution in [3.8, 4) is 23.0 Å². The molecule has 0 atom stereocenters. The number of nitrogen functional groups attached to an aromatic ring is 1. The molecule has 6 heteroatoms. The number of hydrogen-bond acceptors (Lipinski definition) is 6. The van der Waals surface area contributed by atoms with E-state index in [4.69, 9.17) is 24.7 Å². The van der Waals surface area contributed by atoms with E-state index in [1.165, 1.54) is 7.11 Å². The lowest BCUT2D eigenvalue weighted by Crippen LogP contribution is -2.09. The molecular weight excluding hydrogens is 358 g/mol. The van der Waals surface area contributed by atoms with Crippen LogP contribution in [0.2, 0.25) is 0 Å². The Morgan fingerprint density at radius 3 is 1.93 bits per heavy atom. The van der Waals surface area contributed by atoms with Crippen LogP contribution in [-0.4, -0.2) is 34.2 Å². The number of anilines is 1. The first kappa shape index (κ1) is 21.2. The molecule has 2 aromatic carbocycles. The molecule has 2 N–H and O–H groups in total. The molecule has 0 aliphatic rings. The summed E-state index contributed by atoms with van der Waals surface area (Å²) in [5.74, 6) is 1.93. The number of hydrogen-bond donors (Lipinski definition) is 1. The van der Waals surface area contributed by atoms with E-state index in [-0.39, 0.29) is 11.7 Å². The summed E-state index contributed by atoms with van der Waals surface area (Å²) in [5, 5.41) is 0. The van der Waals surface area contributed by atoms with Crippen molar-refractivity contribution in [1.82, 2.24) is 0 Å². The van der Waals surface area contributed by atoms with E-state index in [0.29, 0.717) is 39.8 Å². The molecule has 0 unspecified atom stereocenters. The zero-order valence-corrected chi connectivity index (χ0v) is 17.2. The number of rotatable bonds is 8. The first-order chi connectivity index (χ1) is 13.4. The van der Waals surface area contributed by atoms with Crippen LogP contribution in [0.15, 0.2) is 35.9 Å². The number of methoxy groups -OCH3 is 4. The third-order valence-electron chi connectivity index (χ3n) is 4.39. The number of benzene rings is 2. The standard InChI is InChI=1S/C22H27NO5/c1-13(2)16(21(24)15-7-8-17(23)18(12-15)25-3)9-14-10-19(26-4)22(28-6)20(11-14)27-5/h7-13H,23H2,1-6H3/b16-9+. The van der Waals surface area contributed by atoms with Crippen molar-refractivity contribution in [3.05, 3.63) is 47.0 Å². The monoisotopic (exact) mass is 385 g/mol. The molecule has 0 aliphatic carbocycles. The fraction of sp³-hybridized carbons (Fsp3) is 0.318. The van der Waals surface area contributed by atoms with Crippen molar-refractivity contribution in [2.24, 2.45) is 5.92 Å². The van der Waals surface area contributed by atoms with Crippen molar-refractivity contribution in [1.29, 1.82) is 0 Å². The minimum atomic E-state index is -0.0953. The lowest BCUT2D eigenvalue weighted by Gasteiger charge is -2.15. The smallest absolute Gasteiger partial charge is 0.203 e. The van der Waals surface area contributed by atoms with Gasteiger partial charge in [-0.1, -0.05) is 13.8 Å². The van der Waals surface area contributed by atoms with Gasteiger partial charge >= 0.3 is 0 Å². The van der Waals surface area contributed by atoms with Gasteiger partial charge in [-0.3, -0.25) is 4.79 Å². The summed E-state index contributed by atoms with van der Waals surface area (Å²) in [5.41, 5.74) is 8.27. The second-order valence-corrected chi connectivity index (χ2v) is 6.50. The van der Waals surface area contributed by atoms with Crippen molar-refractivity contribution >= 4 is 17.5 Å². The molecule has 0 aromatic heterocycles. The van der Waals surface area contributed by atoms with Gasteiger partial charge in [0.05, 0.1) is 34.1 Å². The third-order valence-corrected chi connectivity index (χ3v) is 4.39. The number of carbonyl (C=O) groups excluding carboxylic acids is 1. The van der Waals surface area contributed by atoms with Crippen LogP contribution in [0.5, 0.6) is 23.0 Å². The van der Waals surface area contributed by atoms with Crippen molar-refractivity contribution < 1.29 is 23.7 Å². The number of ether oxygens (including phenoxy) is 4. The second kappa shape index (κ2) is 9.17. The fourth-order valence-electron chi connectivity index (χ4n) is 2.88. The molecule has 2 aromatic rings. The molecule has 0 radical (unpaired) electrons.